The summed E-state index contributed by atoms with van der Waals surface area (Å²) in [5, 5.41) is 27.3. The Labute approximate surface area is 302 Å². The molecule has 3 aromatic rings. The molecule has 0 atom stereocenters. The van der Waals surface area contributed by atoms with Gasteiger partial charge in [0.15, 0.2) is 12.4 Å². The predicted octanol–water partition coefficient (Wildman–Crippen LogP) is 5.24. The van der Waals surface area contributed by atoms with Crippen molar-refractivity contribution >= 4 is 17.5 Å². The first kappa shape index (κ1) is 36.7. The fraction of sp³-hybridized carbons (Fsp3) is 0.512. The van der Waals surface area contributed by atoms with E-state index in [0.717, 1.165) is 61.5 Å². The Balaban J connectivity index is 0.968. The molecule has 51 heavy (non-hydrogen) atoms. The molecule has 0 unspecified atom stereocenters. The number of nitrogens with one attached hydrogen (secondary N) is 2. The van der Waals surface area contributed by atoms with Crippen LogP contribution in [-0.2, 0) is 32.6 Å². The van der Waals surface area contributed by atoms with E-state index in [1.54, 1.807) is 6.07 Å². The summed E-state index contributed by atoms with van der Waals surface area (Å²) in [4.78, 5) is 29.4. The van der Waals surface area contributed by atoms with E-state index in [1.807, 2.05) is 29.2 Å². The smallest absolute Gasteiger partial charge is 0.262 e. The number of rotatable bonds is 18. The van der Waals surface area contributed by atoms with Crippen LogP contribution in [0.2, 0.25) is 0 Å². The number of phenolic OH excluding ortho intramolecular Hbond substituents is 2. The van der Waals surface area contributed by atoms with Gasteiger partial charge in [-0.05, 0) is 99.9 Å². The number of anilines is 1. The molecule has 4 N–H and O–H groups in total. The van der Waals surface area contributed by atoms with Crippen molar-refractivity contribution in [3.8, 4) is 17.2 Å². The number of ether oxygens (including phenoxy) is 2. The van der Waals surface area contributed by atoms with Gasteiger partial charge in [-0.3, -0.25) is 9.59 Å². The first-order valence-corrected chi connectivity index (χ1v) is 18.7. The molecule has 1 saturated carbocycles. The van der Waals surface area contributed by atoms with E-state index in [2.05, 4.69) is 52.9 Å². The molecular weight excluding hydrogens is 644 g/mol. The molecule has 2 fully saturated rings. The van der Waals surface area contributed by atoms with Gasteiger partial charge in [-0.25, -0.2) is 0 Å². The van der Waals surface area contributed by atoms with E-state index in [4.69, 9.17) is 9.47 Å². The fourth-order valence-corrected chi connectivity index (χ4v) is 7.51. The van der Waals surface area contributed by atoms with Crippen LogP contribution < -0.4 is 15.4 Å². The molecular formula is C41H54N4O6. The maximum absolute atomic E-state index is 13.3. The minimum atomic E-state index is -0.281. The first-order valence-electron chi connectivity index (χ1n) is 18.7. The lowest BCUT2D eigenvalue weighted by molar-refractivity contribution is -0.132. The van der Waals surface area contributed by atoms with Crippen LogP contribution in [0, 0.1) is 5.92 Å². The standard InChI is InChI=1S/C41H54N4O6/c1-44-23-18-41(19-24-44,33-7-3-2-4-8-33)34-28-31(11-13-35(34)46)16-26-50-27-17-38(49)45(22-5-6-30-9-10-30)25-21-42-20-15-32-12-14-36(47)39-40(32)51-29-37(48)43-39/h2-4,7-8,11-14,28,30,42,46-47H,5-6,9-10,15-27,29H2,1H3,(H,43,48). The molecule has 0 spiro atoms. The SMILES string of the molecule is CN1CCC(c2ccccc2)(c2cc(CCOCCC(=O)N(CCCC3CC3)CCNCCc3ccc(O)c4c3OCC(=O)N4)ccc2O)CC1. The quantitative estimate of drug-likeness (QED) is 0.105. The zero-order chi connectivity index (χ0) is 35.6. The van der Waals surface area contributed by atoms with Crippen LogP contribution >= 0.6 is 0 Å². The number of hydrogen-bond acceptors (Lipinski definition) is 8. The molecule has 0 aromatic heterocycles. The van der Waals surface area contributed by atoms with Gasteiger partial charge in [0.2, 0.25) is 5.91 Å². The second-order valence-electron chi connectivity index (χ2n) is 14.5. The lowest BCUT2D eigenvalue weighted by Gasteiger charge is -2.42. The van der Waals surface area contributed by atoms with Gasteiger partial charge in [0.1, 0.15) is 17.2 Å². The third-order valence-electron chi connectivity index (χ3n) is 10.8. The molecule has 274 valence electrons. The molecule has 10 nitrogen and oxygen atoms in total. The highest BCUT2D eigenvalue weighted by Gasteiger charge is 2.39. The van der Waals surface area contributed by atoms with Crippen LogP contribution in [0.15, 0.2) is 60.7 Å². The summed E-state index contributed by atoms with van der Waals surface area (Å²) in [7, 11) is 2.16. The Bertz CT molecular complexity index is 1620. The van der Waals surface area contributed by atoms with Crippen LogP contribution in [0.4, 0.5) is 5.69 Å². The van der Waals surface area contributed by atoms with Crippen molar-refractivity contribution in [1.82, 2.24) is 15.1 Å². The van der Waals surface area contributed by atoms with Crippen molar-refractivity contribution in [2.24, 2.45) is 5.92 Å². The number of benzene rings is 3. The molecule has 3 aromatic carbocycles. The van der Waals surface area contributed by atoms with Crippen LogP contribution in [0.25, 0.3) is 0 Å². The number of amides is 2. The topological polar surface area (TPSA) is 124 Å². The van der Waals surface area contributed by atoms with Crippen LogP contribution in [0.1, 0.15) is 67.2 Å². The normalized spacial score (nSPS) is 17.0. The van der Waals surface area contributed by atoms with E-state index in [1.165, 1.54) is 24.8 Å². The first-order chi connectivity index (χ1) is 24.8. The highest BCUT2D eigenvalue weighted by atomic mass is 16.5. The predicted molar refractivity (Wildman–Crippen MR) is 199 cm³/mol. The van der Waals surface area contributed by atoms with Crippen LogP contribution in [0.5, 0.6) is 17.2 Å². The Morgan fingerprint density at radius 2 is 1.78 bits per heavy atom. The van der Waals surface area contributed by atoms with Gasteiger partial charge >= 0.3 is 0 Å². The highest BCUT2D eigenvalue weighted by molar-refractivity contribution is 5.97. The number of phenols is 2. The van der Waals surface area contributed by atoms with Gasteiger partial charge < -0.3 is 40.1 Å². The number of carbonyl (C=O) groups is 2. The second kappa shape index (κ2) is 17.4. The molecule has 1 saturated heterocycles. The Morgan fingerprint density at radius 1 is 1.00 bits per heavy atom. The Kier molecular flexibility index (Phi) is 12.5. The summed E-state index contributed by atoms with van der Waals surface area (Å²) >= 11 is 0. The molecule has 2 aliphatic heterocycles. The largest absolute Gasteiger partial charge is 0.508 e. The van der Waals surface area contributed by atoms with Crippen LogP contribution in [-0.4, -0.2) is 98.0 Å². The number of carbonyl (C=O) groups excluding carboxylic acids is 2. The molecule has 1 aliphatic carbocycles. The zero-order valence-electron chi connectivity index (χ0n) is 30.0. The summed E-state index contributed by atoms with van der Waals surface area (Å²) in [6.45, 7) is 5.48. The molecule has 3 aliphatic rings. The van der Waals surface area contributed by atoms with Crippen molar-refractivity contribution in [3.05, 3.63) is 82.9 Å². The Morgan fingerprint density at radius 3 is 2.57 bits per heavy atom. The molecule has 0 radical (unpaired) electrons. The fourth-order valence-electron chi connectivity index (χ4n) is 7.51. The van der Waals surface area contributed by atoms with Gasteiger partial charge in [-0.15, -0.1) is 0 Å². The van der Waals surface area contributed by atoms with E-state index >= 15 is 0 Å². The van der Waals surface area contributed by atoms with Gasteiger partial charge in [0.05, 0.1) is 19.6 Å². The zero-order valence-corrected chi connectivity index (χ0v) is 30.0. The third-order valence-corrected chi connectivity index (χ3v) is 10.8. The van der Waals surface area contributed by atoms with Gasteiger partial charge in [-0.2, -0.15) is 0 Å². The van der Waals surface area contributed by atoms with Crippen LogP contribution in [0.3, 0.4) is 0 Å². The average Bonchev–Trinajstić information content (AvgIpc) is 3.97. The number of fused-ring (bicyclic) bond motifs is 1. The highest BCUT2D eigenvalue weighted by Crippen LogP contribution is 2.45. The number of piperidine rings is 1. The molecule has 6 rings (SSSR count). The molecule has 0 bridgehead atoms. The van der Waals surface area contributed by atoms with E-state index in [-0.39, 0.29) is 29.6 Å². The van der Waals surface area contributed by atoms with E-state index in [0.29, 0.717) is 69.3 Å². The average molecular weight is 699 g/mol. The number of hydrogen-bond donors (Lipinski definition) is 4. The minimum Gasteiger partial charge on any atom is -0.508 e. The summed E-state index contributed by atoms with van der Waals surface area (Å²) in [6, 6.07) is 20.0. The van der Waals surface area contributed by atoms with E-state index < -0.39 is 0 Å². The maximum Gasteiger partial charge on any atom is 0.262 e. The summed E-state index contributed by atoms with van der Waals surface area (Å²) in [5.74, 6) is 1.52. The number of aromatic hydroxyl groups is 2. The molecule has 2 heterocycles. The monoisotopic (exact) mass is 698 g/mol. The summed E-state index contributed by atoms with van der Waals surface area (Å²) < 4.78 is 11.6. The van der Waals surface area contributed by atoms with Gasteiger partial charge in [0.25, 0.3) is 5.91 Å². The van der Waals surface area contributed by atoms with Crippen molar-refractivity contribution in [2.45, 2.75) is 63.2 Å². The Hall–Kier alpha value is -4.12. The lowest BCUT2D eigenvalue weighted by Crippen LogP contribution is -2.41. The van der Waals surface area contributed by atoms with E-state index in [9.17, 15) is 19.8 Å². The summed E-state index contributed by atoms with van der Waals surface area (Å²) in [5.41, 5.74) is 4.38. The number of nitrogens with zero attached hydrogens (tertiary/aromatic N) is 2. The lowest BCUT2D eigenvalue weighted by atomic mass is 9.67. The van der Waals surface area contributed by atoms with Gasteiger partial charge in [0, 0.05) is 30.6 Å². The maximum atomic E-state index is 13.3. The number of likely N-dealkylation sites (tertiary alicyclic amines) is 1. The van der Waals surface area contributed by atoms with Gasteiger partial charge in [-0.1, -0.05) is 61.4 Å². The van der Waals surface area contributed by atoms with Crippen molar-refractivity contribution in [2.75, 3.05) is 71.5 Å². The molecule has 10 heteroatoms. The van der Waals surface area contributed by atoms with Crippen molar-refractivity contribution < 1.29 is 29.3 Å². The molecule has 2 amide bonds. The second-order valence-corrected chi connectivity index (χ2v) is 14.5. The van der Waals surface area contributed by atoms with Crippen molar-refractivity contribution in [3.63, 3.8) is 0 Å². The third kappa shape index (κ3) is 9.61. The summed E-state index contributed by atoms with van der Waals surface area (Å²) in [6.07, 6.45) is 8.43. The van der Waals surface area contributed by atoms with Crippen molar-refractivity contribution in [1.29, 1.82) is 0 Å². The minimum absolute atomic E-state index is 0.00616.